The molecule has 0 saturated carbocycles. The van der Waals surface area contributed by atoms with Crippen LogP contribution < -0.4 is 4.74 Å². The van der Waals surface area contributed by atoms with Gasteiger partial charge in [-0.05, 0) is 66.0 Å². The van der Waals surface area contributed by atoms with Gasteiger partial charge in [-0.3, -0.25) is 0 Å². The predicted molar refractivity (Wildman–Crippen MR) is 140 cm³/mol. The Labute approximate surface area is 197 Å². The molecule has 32 heavy (non-hydrogen) atoms. The number of benzene rings is 2. The molecule has 0 heterocycles. The molecule has 174 valence electrons. The van der Waals surface area contributed by atoms with Crippen LogP contribution in [-0.4, -0.2) is 6.61 Å². The van der Waals surface area contributed by atoms with Crippen LogP contribution in [0.2, 0.25) is 0 Å². The Morgan fingerprint density at radius 1 is 0.688 bits per heavy atom. The van der Waals surface area contributed by atoms with E-state index in [1.165, 1.54) is 93.7 Å². The van der Waals surface area contributed by atoms with Gasteiger partial charge >= 0.3 is 0 Å². The Balaban J connectivity index is 1.44. The zero-order valence-electron chi connectivity index (χ0n) is 20.6. The fraction of sp³-hybridized carbons (Fsp3) is 0.548. The van der Waals surface area contributed by atoms with E-state index in [0.29, 0.717) is 0 Å². The Bertz CT molecular complexity index is 784. The average Bonchev–Trinajstić information content (AvgIpc) is 2.85. The van der Waals surface area contributed by atoms with Crippen molar-refractivity contribution >= 4 is 5.57 Å². The summed E-state index contributed by atoms with van der Waals surface area (Å²) in [5.74, 6) is 1.89. The van der Waals surface area contributed by atoms with Crippen LogP contribution in [0.1, 0.15) is 103 Å². The van der Waals surface area contributed by atoms with Gasteiger partial charge in [0.25, 0.3) is 0 Å². The maximum atomic E-state index is 5.93. The molecule has 0 radical (unpaired) electrons. The quantitative estimate of drug-likeness (QED) is 0.270. The average molecular weight is 433 g/mol. The third kappa shape index (κ3) is 8.15. The van der Waals surface area contributed by atoms with E-state index in [2.05, 4.69) is 68.5 Å². The molecular weight excluding hydrogens is 388 g/mol. The van der Waals surface area contributed by atoms with Crippen molar-refractivity contribution in [3.63, 3.8) is 0 Å². The van der Waals surface area contributed by atoms with Crippen molar-refractivity contribution in [1.29, 1.82) is 0 Å². The summed E-state index contributed by atoms with van der Waals surface area (Å²) < 4.78 is 5.93. The Kier molecular flexibility index (Phi) is 10.9. The highest BCUT2D eigenvalue weighted by atomic mass is 16.5. The third-order valence-corrected chi connectivity index (χ3v) is 6.95. The minimum Gasteiger partial charge on any atom is -0.494 e. The standard InChI is InChI=1S/C31H44O/c1-3-5-7-8-9-11-25-32-31-23-21-30(22-24-31)29-19-17-28(18-20-29)27-15-13-26(14-16-27)12-10-6-4-2/h15,17-24,26H,3-14,16,25H2,1-2H3. The van der Waals surface area contributed by atoms with Crippen molar-refractivity contribution < 1.29 is 4.74 Å². The Morgan fingerprint density at radius 3 is 1.94 bits per heavy atom. The van der Waals surface area contributed by atoms with Crippen LogP contribution in [0.3, 0.4) is 0 Å². The van der Waals surface area contributed by atoms with E-state index in [1.807, 2.05) is 0 Å². The van der Waals surface area contributed by atoms with Gasteiger partial charge in [-0.25, -0.2) is 0 Å². The molecular formula is C31H44O. The van der Waals surface area contributed by atoms with E-state index in [9.17, 15) is 0 Å². The van der Waals surface area contributed by atoms with E-state index < -0.39 is 0 Å². The highest BCUT2D eigenvalue weighted by molar-refractivity contribution is 5.71. The zero-order valence-corrected chi connectivity index (χ0v) is 20.6. The first-order valence-corrected chi connectivity index (χ1v) is 13.3. The van der Waals surface area contributed by atoms with Gasteiger partial charge in [0.05, 0.1) is 6.61 Å². The molecule has 0 amide bonds. The maximum Gasteiger partial charge on any atom is 0.119 e. The molecule has 0 bridgehead atoms. The van der Waals surface area contributed by atoms with Gasteiger partial charge in [0, 0.05) is 0 Å². The molecule has 2 aromatic carbocycles. The summed E-state index contributed by atoms with van der Waals surface area (Å²) in [6.45, 7) is 5.39. The molecule has 0 aromatic heterocycles. The fourth-order valence-corrected chi connectivity index (χ4v) is 4.79. The molecule has 1 unspecified atom stereocenters. The maximum absolute atomic E-state index is 5.93. The van der Waals surface area contributed by atoms with Gasteiger partial charge in [0.15, 0.2) is 0 Å². The monoisotopic (exact) mass is 432 g/mol. The van der Waals surface area contributed by atoms with Crippen molar-refractivity contribution in [3.05, 3.63) is 60.2 Å². The lowest BCUT2D eigenvalue weighted by atomic mass is 9.83. The highest BCUT2D eigenvalue weighted by Gasteiger charge is 2.15. The molecule has 0 saturated heterocycles. The van der Waals surface area contributed by atoms with Crippen LogP contribution in [0.25, 0.3) is 16.7 Å². The molecule has 0 N–H and O–H groups in total. The summed E-state index contributed by atoms with van der Waals surface area (Å²) in [4.78, 5) is 0. The lowest BCUT2D eigenvalue weighted by Crippen LogP contribution is -2.05. The second kappa shape index (κ2) is 14.2. The van der Waals surface area contributed by atoms with Crippen LogP contribution >= 0.6 is 0 Å². The molecule has 1 aliphatic carbocycles. The summed E-state index contributed by atoms with van der Waals surface area (Å²) in [5, 5.41) is 0. The number of rotatable bonds is 14. The van der Waals surface area contributed by atoms with Gasteiger partial charge in [-0.1, -0.05) is 114 Å². The minimum absolute atomic E-state index is 0.828. The third-order valence-electron chi connectivity index (χ3n) is 6.95. The molecule has 1 aliphatic rings. The predicted octanol–water partition coefficient (Wildman–Crippen LogP) is 9.86. The van der Waals surface area contributed by atoms with Crippen molar-refractivity contribution in [3.8, 4) is 16.9 Å². The smallest absolute Gasteiger partial charge is 0.119 e. The first-order valence-electron chi connectivity index (χ1n) is 13.3. The highest BCUT2D eigenvalue weighted by Crippen LogP contribution is 2.33. The number of allylic oxidation sites excluding steroid dienone is 2. The molecule has 0 fully saturated rings. The van der Waals surface area contributed by atoms with Gasteiger partial charge < -0.3 is 4.74 Å². The fourth-order valence-electron chi connectivity index (χ4n) is 4.79. The first-order chi connectivity index (χ1) is 15.8. The van der Waals surface area contributed by atoms with E-state index >= 15 is 0 Å². The van der Waals surface area contributed by atoms with E-state index in [-0.39, 0.29) is 0 Å². The normalized spacial score (nSPS) is 16.1. The van der Waals surface area contributed by atoms with Gasteiger partial charge in [0.1, 0.15) is 5.75 Å². The van der Waals surface area contributed by atoms with Gasteiger partial charge in [-0.15, -0.1) is 0 Å². The summed E-state index contributed by atoms with van der Waals surface area (Å²) in [6, 6.07) is 17.8. The largest absolute Gasteiger partial charge is 0.494 e. The van der Waals surface area contributed by atoms with E-state index in [1.54, 1.807) is 5.57 Å². The summed E-state index contributed by atoms with van der Waals surface area (Å²) in [5.41, 5.74) is 5.49. The van der Waals surface area contributed by atoms with Crippen LogP contribution in [0.4, 0.5) is 0 Å². The minimum atomic E-state index is 0.828. The SMILES string of the molecule is CCCCCCCCOc1ccc(-c2ccc(C3=CCC(CCCCC)CC3)cc2)cc1. The number of hydrogen-bond donors (Lipinski definition) is 0. The van der Waals surface area contributed by atoms with Crippen molar-refractivity contribution in [2.75, 3.05) is 6.61 Å². The molecule has 1 heteroatoms. The van der Waals surface area contributed by atoms with Crippen LogP contribution in [-0.2, 0) is 0 Å². The molecule has 3 rings (SSSR count). The lowest BCUT2D eigenvalue weighted by molar-refractivity contribution is 0.304. The summed E-state index contributed by atoms with van der Waals surface area (Å²) >= 11 is 0. The Morgan fingerprint density at radius 2 is 1.28 bits per heavy atom. The number of hydrogen-bond acceptors (Lipinski definition) is 1. The molecule has 0 aliphatic heterocycles. The molecule has 0 spiro atoms. The van der Waals surface area contributed by atoms with E-state index in [0.717, 1.165) is 24.7 Å². The second-order valence-corrected chi connectivity index (χ2v) is 9.58. The van der Waals surface area contributed by atoms with Crippen molar-refractivity contribution in [1.82, 2.24) is 0 Å². The summed E-state index contributed by atoms with van der Waals surface area (Å²) in [7, 11) is 0. The number of ether oxygens (including phenoxy) is 1. The Hall–Kier alpha value is -2.02. The zero-order chi connectivity index (χ0) is 22.4. The van der Waals surface area contributed by atoms with Gasteiger partial charge in [-0.2, -0.15) is 0 Å². The molecule has 2 aromatic rings. The van der Waals surface area contributed by atoms with Crippen molar-refractivity contribution in [2.24, 2.45) is 5.92 Å². The topological polar surface area (TPSA) is 9.23 Å². The summed E-state index contributed by atoms with van der Waals surface area (Å²) in [6.07, 6.45) is 19.7. The van der Waals surface area contributed by atoms with Crippen LogP contribution in [0, 0.1) is 5.92 Å². The van der Waals surface area contributed by atoms with E-state index in [4.69, 9.17) is 4.74 Å². The molecule has 1 atom stereocenters. The van der Waals surface area contributed by atoms with Crippen LogP contribution in [0.15, 0.2) is 54.6 Å². The van der Waals surface area contributed by atoms with Crippen molar-refractivity contribution in [2.45, 2.75) is 97.3 Å². The molecule has 1 nitrogen and oxygen atoms in total. The lowest BCUT2D eigenvalue weighted by Gasteiger charge is -2.22. The second-order valence-electron chi connectivity index (χ2n) is 9.58. The first kappa shape index (κ1) is 24.6. The van der Waals surface area contributed by atoms with Gasteiger partial charge in [0.2, 0.25) is 0 Å². The number of unbranched alkanes of at least 4 members (excludes halogenated alkanes) is 7. The van der Waals surface area contributed by atoms with Crippen LogP contribution in [0.5, 0.6) is 5.75 Å².